The zero-order chi connectivity index (χ0) is 15.5. The third-order valence-corrected chi connectivity index (χ3v) is 4.72. The van der Waals surface area contributed by atoms with Gasteiger partial charge >= 0.3 is 0 Å². The minimum absolute atomic E-state index is 0.311. The summed E-state index contributed by atoms with van der Waals surface area (Å²) in [6.07, 6.45) is 1.19. The van der Waals surface area contributed by atoms with Crippen LogP contribution in [-0.4, -0.2) is 14.7 Å². The number of rotatable bonds is 4. The highest BCUT2D eigenvalue weighted by Crippen LogP contribution is 2.24. The molecule has 4 nitrogen and oxygen atoms in total. The van der Waals surface area contributed by atoms with Gasteiger partial charge in [0.1, 0.15) is 0 Å². The molecule has 6 heteroatoms. The van der Waals surface area contributed by atoms with Crippen molar-refractivity contribution in [1.29, 1.82) is 5.26 Å². The Morgan fingerprint density at radius 3 is 2.38 bits per heavy atom. The maximum absolute atomic E-state index is 11.4. The lowest BCUT2D eigenvalue weighted by atomic mass is 10.2. The lowest BCUT2D eigenvalue weighted by Crippen LogP contribution is -2.01. The third-order valence-electron chi connectivity index (χ3n) is 2.93. The number of nitriles is 1. The maximum Gasteiger partial charge on any atom is 0.175 e. The van der Waals surface area contributed by atoms with Crippen LogP contribution < -0.4 is 5.32 Å². The summed E-state index contributed by atoms with van der Waals surface area (Å²) in [6.45, 7) is 0.564. The second-order valence-corrected chi connectivity index (χ2v) is 7.45. The average molecular weight is 365 g/mol. The van der Waals surface area contributed by atoms with Crippen molar-refractivity contribution in [2.24, 2.45) is 0 Å². The highest BCUT2D eigenvalue weighted by atomic mass is 79.9. The normalized spacial score (nSPS) is 10.9. The molecule has 0 saturated carbocycles. The van der Waals surface area contributed by atoms with Gasteiger partial charge in [0, 0.05) is 23.0 Å². The molecule has 2 aromatic rings. The van der Waals surface area contributed by atoms with Crippen LogP contribution in [0.25, 0.3) is 0 Å². The van der Waals surface area contributed by atoms with Gasteiger partial charge in [-0.2, -0.15) is 5.26 Å². The van der Waals surface area contributed by atoms with Crippen LogP contribution in [0.15, 0.2) is 51.8 Å². The lowest BCUT2D eigenvalue weighted by molar-refractivity contribution is 0.602. The predicted octanol–water partition coefficient (Wildman–Crippen LogP) is 3.34. The molecule has 0 unspecified atom stereocenters. The SMILES string of the molecule is CS(=O)(=O)c1ccc(CNc2ccc(C#N)cc2Br)cc1. The molecule has 0 spiro atoms. The topological polar surface area (TPSA) is 70.0 Å². The molecule has 2 rings (SSSR count). The van der Waals surface area contributed by atoms with E-state index >= 15 is 0 Å². The molecular formula is C15H13BrN2O2S. The molecule has 1 N–H and O–H groups in total. The quantitative estimate of drug-likeness (QED) is 0.902. The minimum Gasteiger partial charge on any atom is -0.380 e. The Kier molecular flexibility index (Phi) is 4.66. The number of halogens is 1. The first-order valence-corrected chi connectivity index (χ1v) is 8.81. The van der Waals surface area contributed by atoms with Crippen molar-refractivity contribution in [3.05, 3.63) is 58.1 Å². The zero-order valence-corrected chi connectivity index (χ0v) is 13.7. The summed E-state index contributed by atoms with van der Waals surface area (Å²) < 4.78 is 23.6. The van der Waals surface area contributed by atoms with E-state index < -0.39 is 9.84 Å². The van der Waals surface area contributed by atoms with E-state index in [-0.39, 0.29) is 0 Å². The standard InChI is InChI=1S/C15H13BrN2O2S/c1-21(19,20)13-5-2-11(3-6-13)10-18-15-7-4-12(9-17)8-14(15)16/h2-8,18H,10H2,1H3. The second kappa shape index (κ2) is 6.29. The zero-order valence-electron chi connectivity index (χ0n) is 11.3. The van der Waals surface area contributed by atoms with Crippen molar-refractivity contribution in [2.45, 2.75) is 11.4 Å². The van der Waals surface area contributed by atoms with Crippen molar-refractivity contribution < 1.29 is 8.42 Å². The molecule has 0 fully saturated rings. The Balaban J connectivity index is 2.09. The van der Waals surface area contributed by atoms with Gasteiger partial charge in [0.2, 0.25) is 0 Å². The van der Waals surface area contributed by atoms with E-state index in [1.54, 1.807) is 36.4 Å². The van der Waals surface area contributed by atoms with E-state index in [9.17, 15) is 8.42 Å². The highest BCUT2D eigenvalue weighted by molar-refractivity contribution is 9.10. The second-order valence-electron chi connectivity index (χ2n) is 4.58. The number of nitrogens with zero attached hydrogens (tertiary/aromatic N) is 1. The summed E-state index contributed by atoms with van der Waals surface area (Å²) in [4.78, 5) is 0.311. The first kappa shape index (κ1) is 15.5. The van der Waals surface area contributed by atoms with Crippen LogP contribution in [0.4, 0.5) is 5.69 Å². The van der Waals surface area contributed by atoms with Gasteiger partial charge in [-0.05, 0) is 51.8 Å². The van der Waals surface area contributed by atoms with E-state index in [0.717, 1.165) is 15.7 Å². The number of nitrogens with one attached hydrogen (secondary N) is 1. The highest BCUT2D eigenvalue weighted by Gasteiger charge is 2.06. The summed E-state index contributed by atoms with van der Waals surface area (Å²) in [5, 5.41) is 12.0. The van der Waals surface area contributed by atoms with Crippen molar-refractivity contribution in [1.82, 2.24) is 0 Å². The largest absolute Gasteiger partial charge is 0.380 e. The Hall–Kier alpha value is -1.84. The molecule has 0 aliphatic rings. The van der Waals surface area contributed by atoms with Gasteiger partial charge in [-0.25, -0.2) is 8.42 Å². The molecular weight excluding hydrogens is 352 g/mol. The summed E-state index contributed by atoms with van der Waals surface area (Å²) >= 11 is 3.41. The van der Waals surface area contributed by atoms with Crippen molar-refractivity contribution >= 4 is 31.5 Å². The summed E-state index contributed by atoms with van der Waals surface area (Å²) in [5.74, 6) is 0. The van der Waals surface area contributed by atoms with Crippen molar-refractivity contribution in [2.75, 3.05) is 11.6 Å². The molecule has 0 radical (unpaired) electrons. The molecule has 0 saturated heterocycles. The van der Waals surface area contributed by atoms with Crippen LogP contribution in [0.1, 0.15) is 11.1 Å². The van der Waals surface area contributed by atoms with Gasteiger partial charge in [-0.15, -0.1) is 0 Å². The first-order chi connectivity index (χ1) is 9.90. The van der Waals surface area contributed by atoms with Gasteiger partial charge in [-0.3, -0.25) is 0 Å². The van der Waals surface area contributed by atoms with Crippen LogP contribution in [-0.2, 0) is 16.4 Å². The predicted molar refractivity (Wildman–Crippen MR) is 85.7 cm³/mol. The van der Waals surface area contributed by atoms with Crippen LogP contribution in [0, 0.1) is 11.3 Å². The Morgan fingerprint density at radius 2 is 1.86 bits per heavy atom. The smallest absolute Gasteiger partial charge is 0.175 e. The van der Waals surface area contributed by atoms with Crippen LogP contribution in [0.3, 0.4) is 0 Å². The first-order valence-electron chi connectivity index (χ1n) is 6.12. The summed E-state index contributed by atoms with van der Waals surface area (Å²) in [6, 6.07) is 14.1. The summed E-state index contributed by atoms with van der Waals surface area (Å²) in [7, 11) is -3.16. The fourth-order valence-corrected chi connectivity index (χ4v) is 2.93. The van der Waals surface area contributed by atoms with Crippen LogP contribution in [0.2, 0.25) is 0 Å². The fraction of sp³-hybridized carbons (Fsp3) is 0.133. The van der Waals surface area contributed by atoms with Gasteiger partial charge in [0.25, 0.3) is 0 Å². The van der Waals surface area contributed by atoms with E-state index in [2.05, 4.69) is 27.3 Å². The molecule has 0 aromatic heterocycles. The minimum atomic E-state index is -3.16. The van der Waals surface area contributed by atoms with E-state index in [1.807, 2.05) is 6.07 Å². The molecule has 0 atom stereocenters. The van der Waals surface area contributed by atoms with Crippen LogP contribution in [0.5, 0.6) is 0 Å². The van der Waals surface area contributed by atoms with Crippen molar-refractivity contribution in [3.63, 3.8) is 0 Å². The molecule has 0 heterocycles. The maximum atomic E-state index is 11.4. The number of hydrogen-bond donors (Lipinski definition) is 1. The van der Waals surface area contributed by atoms with Gasteiger partial charge in [0.05, 0.1) is 16.5 Å². The number of anilines is 1. The summed E-state index contributed by atoms with van der Waals surface area (Å²) in [5.41, 5.74) is 2.43. The molecule has 0 aliphatic heterocycles. The Bertz CT molecular complexity index is 793. The van der Waals surface area contributed by atoms with E-state index in [1.165, 1.54) is 6.26 Å². The van der Waals surface area contributed by atoms with E-state index in [4.69, 9.17) is 5.26 Å². The fourth-order valence-electron chi connectivity index (χ4n) is 1.78. The number of hydrogen-bond acceptors (Lipinski definition) is 4. The molecule has 108 valence electrons. The average Bonchev–Trinajstić information content (AvgIpc) is 2.45. The third kappa shape index (κ3) is 4.06. The van der Waals surface area contributed by atoms with Crippen LogP contribution >= 0.6 is 15.9 Å². The number of sulfone groups is 1. The monoisotopic (exact) mass is 364 g/mol. The van der Waals surface area contributed by atoms with Crippen molar-refractivity contribution in [3.8, 4) is 6.07 Å². The van der Waals surface area contributed by atoms with Gasteiger partial charge in [-0.1, -0.05) is 12.1 Å². The Labute approximate surface area is 132 Å². The van der Waals surface area contributed by atoms with Gasteiger partial charge < -0.3 is 5.32 Å². The molecule has 0 amide bonds. The molecule has 21 heavy (non-hydrogen) atoms. The van der Waals surface area contributed by atoms with Gasteiger partial charge in [0.15, 0.2) is 9.84 Å². The molecule has 0 aliphatic carbocycles. The molecule has 2 aromatic carbocycles. The number of benzene rings is 2. The molecule has 0 bridgehead atoms. The lowest BCUT2D eigenvalue weighted by Gasteiger charge is -2.09. The Morgan fingerprint density at radius 1 is 1.19 bits per heavy atom. The van der Waals surface area contributed by atoms with E-state index in [0.29, 0.717) is 17.0 Å².